The van der Waals surface area contributed by atoms with Crippen LogP contribution in [-0.4, -0.2) is 18.7 Å². The van der Waals surface area contributed by atoms with Crippen molar-refractivity contribution < 1.29 is 18.0 Å². The Balaban J connectivity index is 2.08. The van der Waals surface area contributed by atoms with Gasteiger partial charge in [0.25, 0.3) is 0 Å². The lowest BCUT2D eigenvalue weighted by molar-refractivity contribution is 0.282. The van der Waals surface area contributed by atoms with Crippen molar-refractivity contribution in [2.24, 2.45) is 0 Å². The van der Waals surface area contributed by atoms with Crippen LogP contribution in [0, 0.1) is 0 Å². The standard InChI is InChI=1S/C9H10N2O4S2/c12-5-7-3-9(16-6-7)17(13,14)10-4-8-1-2-15-11-8/h1-3,6,10,12H,4-5H2. The number of thiophene rings is 1. The zero-order chi connectivity index (χ0) is 12.3. The molecule has 0 spiro atoms. The molecule has 2 aromatic heterocycles. The Labute approximate surface area is 102 Å². The van der Waals surface area contributed by atoms with Crippen molar-refractivity contribution in [1.82, 2.24) is 9.88 Å². The Hall–Kier alpha value is -1.22. The van der Waals surface area contributed by atoms with Gasteiger partial charge in [-0.3, -0.25) is 0 Å². The second-order valence-electron chi connectivity index (χ2n) is 3.25. The Bertz CT molecular complexity index is 574. The molecule has 8 heteroatoms. The van der Waals surface area contributed by atoms with E-state index in [0.29, 0.717) is 11.3 Å². The van der Waals surface area contributed by atoms with Gasteiger partial charge in [0.2, 0.25) is 10.0 Å². The fraction of sp³-hybridized carbons (Fsp3) is 0.222. The summed E-state index contributed by atoms with van der Waals surface area (Å²) in [5, 5.41) is 14.1. The molecule has 0 unspecified atom stereocenters. The van der Waals surface area contributed by atoms with Crippen molar-refractivity contribution in [3.63, 3.8) is 0 Å². The Morgan fingerprint density at radius 3 is 2.94 bits per heavy atom. The Morgan fingerprint density at radius 2 is 2.35 bits per heavy atom. The number of rotatable bonds is 5. The summed E-state index contributed by atoms with van der Waals surface area (Å²) in [6, 6.07) is 3.02. The summed E-state index contributed by atoms with van der Waals surface area (Å²) >= 11 is 1.06. The normalized spacial score (nSPS) is 11.8. The third kappa shape index (κ3) is 2.91. The van der Waals surface area contributed by atoms with Gasteiger partial charge in [-0.15, -0.1) is 11.3 Å². The summed E-state index contributed by atoms with van der Waals surface area (Å²) in [7, 11) is -3.55. The van der Waals surface area contributed by atoms with E-state index in [-0.39, 0.29) is 17.4 Å². The van der Waals surface area contributed by atoms with Crippen LogP contribution in [0.1, 0.15) is 11.3 Å². The third-order valence-electron chi connectivity index (χ3n) is 2.01. The molecule has 0 radical (unpaired) electrons. The van der Waals surface area contributed by atoms with E-state index in [1.54, 1.807) is 11.4 Å². The SMILES string of the molecule is O=S(=O)(NCc1ccon1)c1cc(CO)cs1. The summed E-state index contributed by atoms with van der Waals surface area (Å²) in [5.41, 5.74) is 1.09. The fourth-order valence-electron chi connectivity index (χ4n) is 1.15. The maximum Gasteiger partial charge on any atom is 0.250 e. The molecule has 0 atom stereocenters. The molecule has 6 nitrogen and oxygen atoms in total. The van der Waals surface area contributed by atoms with Gasteiger partial charge in [-0.25, -0.2) is 13.1 Å². The van der Waals surface area contributed by atoms with Gasteiger partial charge < -0.3 is 9.63 Å². The topological polar surface area (TPSA) is 92.4 Å². The number of aliphatic hydroxyl groups is 1. The van der Waals surface area contributed by atoms with Crippen molar-refractivity contribution in [3.8, 4) is 0 Å². The molecule has 0 saturated carbocycles. The zero-order valence-electron chi connectivity index (χ0n) is 8.66. The van der Waals surface area contributed by atoms with Gasteiger partial charge >= 0.3 is 0 Å². The number of hydrogen-bond acceptors (Lipinski definition) is 6. The van der Waals surface area contributed by atoms with Crippen LogP contribution in [0.25, 0.3) is 0 Å². The summed E-state index contributed by atoms with van der Waals surface area (Å²) in [6.45, 7) is -0.0967. The first-order valence-electron chi connectivity index (χ1n) is 4.69. The second-order valence-corrected chi connectivity index (χ2v) is 6.15. The first-order chi connectivity index (χ1) is 8.12. The van der Waals surface area contributed by atoms with E-state index in [1.165, 1.54) is 12.3 Å². The van der Waals surface area contributed by atoms with Crippen LogP contribution < -0.4 is 4.72 Å². The largest absolute Gasteiger partial charge is 0.392 e. The molecule has 0 bridgehead atoms. The minimum Gasteiger partial charge on any atom is -0.392 e. The van der Waals surface area contributed by atoms with Crippen LogP contribution in [0.4, 0.5) is 0 Å². The van der Waals surface area contributed by atoms with E-state index in [0.717, 1.165) is 11.3 Å². The molecule has 0 aliphatic rings. The summed E-state index contributed by atoms with van der Waals surface area (Å²) in [5.74, 6) is 0. The predicted molar refractivity (Wildman–Crippen MR) is 60.8 cm³/mol. The highest BCUT2D eigenvalue weighted by Gasteiger charge is 2.16. The van der Waals surface area contributed by atoms with Crippen molar-refractivity contribution in [2.45, 2.75) is 17.4 Å². The molecular weight excluding hydrogens is 264 g/mol. The highest BCUT2D eigenvalue weighted by atomic mass is 32.2. The van der Waals surface area contributed by atoms with Crippen LogP contribution in [0.5, 0.6) is 0 Å². The maximum absolute atomic E-state index is 11.8. The van der Waals surface area contributed by atoms with Crippen LogP contribution in [0.3, 0.4) is 0 Å². The van der Waals surface area contributed by atoms with Crippen molar-refractivity contribution >= 4 is 21.4 Å². The molecule has 0 aromatic carbocycles. The lowest BCUT2D eigenvalue weighted by Crippen LogP contribution is -2.22. The minimum atomic E-state index is -3.55. The number of hydrogen-bond donors (Lipinski definition) is 2. The molecule has 2 N–H and O–H groups in total. The molecule has 2 aromatic rings. The molecule has 0 aliphatic carbocycles. The number of sulfonamides is 1. The first-order valence-corrected chi connectivity index (χ1v) is 7.05. The van der Waals surface area contributed by atoms with E-state index < -0.39 is 10.0 Å². The number of aliphatic hydroxyl groups excluding tert-OH is 1. The third-order valence-corrected chi connectivity index (χ3v) is 4.90. The van der Waals surface area contributed by atoms with Crippen LogP contribution in [0.15, 0.2) is 32.5 Å². The highest BCUT2D eigenvalue weighted by Crippen LogP contribution is 2.20. The van der Waals surface area contributed by atoms with Gasteiger partial charge in [0, 0.05) is 6.07 Å². The van der Waals surface area contributed by atoms with Crippen molar-refractivity contribution in [2.75, 3.05) is 0 Å². The van der Waals surface area contributed by atoms with E-state index in [9.17, 15) is 8.42 Å². The summed E-state index contributed by atoms with van der Waals surface area (Å²) in [6.07, 6.45) is 1.37. The van der Waals surface area contributed by atoms with E-state index >= 15 is 0 Å². The molecule has 0 amide bonds. The van der Waals surface area contributed by atoms with E-state index in [4.69, 9.17) is 5.11 Å². The zero-order valence-corrected chi connectivity index (χ0v) is 10.3. The Morgan fingerprint density at radius 1 is 1.53 bits per heavy atom. The maximum atomic E-state index is 11.8. The smallest absolute Gasteiger partial charge is 0.250 e. The van der Waals surface area contributed by atoms with Gasteiger partial charge in [-0.2, -0.15) is 0 Å². The number of aromatic nitrogens is 1. The van der Waals surface area contributed by atoms with Gasteiger partial charge in [0.1, 0.15) is 10.5 Å². The lowest BCUT2D eigenvalue weighted by atomic mass is 10.4. The average Bonchev–Trinajstić information content (AvgIpc) is 2.98. The molecular formula is C9H10N2O4S2. The van der Waals surface area contributed by atoms with Gasteiger partial charge in [0.15, 0.2) is 0 Å². The van der Waals surface area contributed by atoms with E-state index in [2.05, 4.69) is 14.4 Å². The van der Waals surface area contributed by atoms with Crippen LogP contribution in [-0.2, 0) is 23.2 Å². The van der Waals surface area contributed by atoms with Crippen LogP contribution in [0.2, 0.25) is 0 Å². The molecule has 0 aliphatic heterocycles. The second kappa shape index (κ2) is 4.96. The molecule has 0 saturated heterocycles. The predicted octanol–water partition coefficient (Wildman–Crippen LogP) is 0.707. The molecule has 0 fully saturated rings. The van der Waals surface area contributed by atoms with Crippen molar-refractivity contribution in [3.05, 3.63) is 35.0 Å². The monoisotopic (exact) mass is 274 g/mol. The van der Waals surface area contributed by atoms with Crippen molar-refractivity contribution in [1.29, 1.82) is 0 Å². The summed E-state index contributed by atoms with van der Waals surface area (Å²) < 4.78 is 30.8. The number of nitrogens with one attached hydrogen (secondary N) is 1. The van der Waals surface area contributed by atoms with E-state index in [1.807, 2.05) is 0 Å². The quantitative estimate of drug-likeness (QED) is 0.837. The Kier molecular flexibility index (Phi) is 3.57. The molecule has 2 rings (SSSR count). The first kappa shape index (κ1) is 12.2. The summed E-state index contributed by atoms with van der Waals surface area (Å²) in [4.78, 5) is 0. The lowest BCUT2D eigenvalue weighted by Gasteiger charge is -2.01. The molecule has 92 valence electrons. The van der Waals surface area contributed by atoms with Gasteiger partial charge in [0.05, 0.1) is 18.8 Å². The van der Waals surface area contributed by atoms with Gasteiger partial charge in [-0.05, 0) is 17.0 Å². The molecule has 2 heterocycles. The number of nitrogens with zero attached hydrogens (tertiary/aromatic N) is 1. The fourth-order valence-corrected chi connectivity index (χ4v) is 3.39. The minimum absolute atomic E-state index is 0.0746. The molecule has 17 heavy (non-hydrogen) atoms. The van der Waals surface area contributed by atoms with Gasteiger partial charge in [-0.1, -0.05) is 5.16 Å². The van der Waals surface area contributed by atoms with Crippen LogP contribution >= 0.6 is 11.3 Å². The highest BCUT2D eigenvalue weighted by molar-refractivity contribution is 7.91. The average molecular weight is 274 g/mol.